The molecule has 162 valence electrons. The fourth-order valence-electron chi connectivity index (χ4n) is 3.41. The largest absolute Gasteiger partial charge is 0.416 e. The molecule has 4 rings (SSSR count). The normalized spacial score (nSPS) is 17.2. The van der Waals surface area contributed by atoms with E-state index in [0.29, 0.717) is 36.6 Å². The van der Waals surface area contributed by atoms with Gasteiger partial charge in [0.1, 0.15) is 17.3 Å². The van der Waals surface area contributed by atoms with Gasteiger partial charge in [-0.05, 0) is 49.6 Å². The number of nitrogens with zero attached hydrogens (tertiary/aromatic N) is 5. The van der Waals surface area contributed by atoms with Gasteiger partial charge in [0.25, 0.3) is 0 Å². The van der Waals surface area contributed by atoms with Crippen molar-refractivity contribution < 1.29 is 18.0 Å². The van der Waals surface area contributed by atoms with Crippen LogP contribution in [0.15, 0.2) is 36.7 Å². The molecule has 0 saturated carbocycles. The van der Waals surface area contributed by atoms with Gasteiger partial charge >= 0.3 is 6.18 Å². The molecule has 1 aliphatic heterocycles. The second kappa shape index (κ2) is 8.32. The van der Waals surface area contributed by atoms with Crippen molar-refractivity contribution >= 4 is 17.5 Å². The predicted octanol–water partition coefficient (Wildman–Crippen LogP) is 3.65. The molecule has 11 heteroatoms. The van der Waals surface area contributed by atoms with E-state index in [1.54, 1.807) is 16.9 Å². The van der Waals surface area contributed by atoms with E-state index in [1.165, 1.54) is 0 Å². The van der Waals surface area contributed by atoms with Crippen molar-refractivity contribution in [3.8, 4) is 11.4 Å². The maximum absolute atomic E-state index is 12.9. The first-order valence-corrected chi connectivity index (χ1v) is 9.76. The van der Waals surface area contributed by atoms with Crippen LogP contribution >= 0.6 is 0 Å². The molecular formula is C20H20F3N7O. The zero-order valence-corrected chi connectivity index (χ0v) is 16.6. The number of nitrogens with one attached hydrogen (secondary N) is 2. The Morgan fingerprint density at radius 1 is 1.16 bits per heavy atom. The summed E-state index contributed by atoms with van der Waals surface area (Å²) < 4.78 is 40.6. The Morgan fingerprint density at radius 3 is 2.81 bits per heavy atom. The molecule has 0 bridgehead atoms. The van der Waals surface area contributed by atoms with E-state index in [-0.39, 0.29) is 17.8 Å². The summed E-state index contributed by atoms with van der Waals surface area (Å²) >= 11 is 0. The molecule has 0 spiro atoms. The third kappa shape index (κ3) is 4.98. The highest BCUT2D eigenvalue weighted by atomic mass is 19.4. The minimum absolute atomic E-state index is 0.0297. The number of anilines is 2. The molecule has 1 unspecified atom stereocenters. The molecule has 0 radical (unpaired) electrons. The number of hydrogen-bond donors (Lipinski definition) is 2. The van der Waals surface area contributed by atoms with Crippen LogP contribution in [0.4, 0.5) is 24.8 Å². The number of rotatable bonds is 4. The molecule has 1 aliphatic rings. The van der Waals surface area contributed by atoms with E-state index >= 15 is 0 Å². The van der Waals surface area contributed by atoms with E-state index in [9.17, 15) is 18.0 Å². The van der Waals surface area contributed by atoms with Crippen molar-refractivity contribution in [2.75, 3.05) is 11.9 Å². The van der Waals surface area contributed by atoms with Gasteiger partial charge in [-0.2, -0.15) is 13.2 Å². The van der Waals surface area contributed by atoms with Crippen LogP contribution in [0.5, 0.6) is 0 Å². The fourth-order valence-corrected chi connectivity index (χ4v) is 3.41. The Balaban J connectivity index is 1.56. The standard InChI is InChI=1S/C20H20F3N7O/c1-12-8-15(16-11-30(29-28-16)14-2-3-19(31)25-7-5-14)26-18(9-12)27-17-10-13(4-6-24-17)20(21,22)23/h4,6,8-11,14H,2-3,5,7H2,1H3,(H,25,31)(H,24,26,27). The lowest BCUT2D eigenvalue weighted by Crippen LogP contribution is -2.21. The molecular weight excluding hydrogens is 411 g/mol. The van der Waals surface area contributed by atoms with Crippen molar-refractivity contribution in [2.24, 2.45) is 0 Å². The Labute approximate surface area is 175 Å². The third-order valence-corrected chi connectivity index (χ3v) is 4.96. The number of carbonyl (C=O) groups excluding carboxylic acids is 1. The molecule has 1 atom stereocenters. The maximum Gasteiger partial charge on any atom is 0.416 e. The van der Waals surface area contributed by atoms with Crippen LogP contribution in [0.2, 0.25) is 0 Å². The molecule has 3 aromatic rings. The minimum Gasteiger partial charge on any atom is -0.356 e. The Kier molecular flexibility index (Phi) is 5.57. The summed E-state index contributed by atoms with van der Waals surface area (Å²) in [6.45, 7) is 2.43. The molecule has 8 nitrogen and oxygen atoms in total. The second-order valence-corrected chi connectivity index (χ2v) is 7.38. The molecule has 0 aromatic carbocycles. The monoisotopic (exact) mass is 431 g/mol. The van der Waals surface area contributed by atoms with Crippen LogP contribution in [-0.2, 0) is 11.0 Å². The molecule has 2 N–H and O–H groups in total. The van der Waals surface area contributed by atoms with Crippen molar-refractivity contribution in [1.29, 1.82) is 0 Å². The van der Waals surface area contributed by atoms with E-state index in [2.05, 4.69) is 30.9 Å². The zero-order chi connectivity index (χ0) is 22.0. The number of aromatic nitrogens is 5. The van der Waals surface area contributed by atoms with Crippen molar-refractivity contribution in [2.45, 2.75) is 38.4 Å². The van der Waals surface area contributed by atoms with Crippen LogP contribution in [0.1, 0.15) is 36.4 Å². The number of pyridine rings is 2. The quantitative estimate of drug-likeness (QED) is 0.655. The molecule has 1 fully saturated rings. The van der Waals surface area contributed by atoms with Gasteiger partial charge in [0.05, 0.1) is 23.5 Å². The number of alkyl halides is 3. The lowest BCUT2D eigenvalue weighted by Gasteiger charge is -2.12. The van der Waals surface area contributed by atoms with Gasteiger partial charge in [-0.1, -0.05) is 5.21 Å². The first-order chi connectivity index (χ1) is 14.8. The summed E-state index contributed by atoms with van der Waals surface area (Å²) in [4.78, 5) is 20.0. The second-order valence-electron chi connectivity index (χ2n) is 7.38. The van der Waals surface area contributed by atoms with Crippen molar-refractivity contribution in [3.05, 3.63) is 47.8 Å². The highest BCUT2D eigenvalue weighted by molar-refractivity contribution is 5.76. The first-order valence-electron chi connectivity index (χ1n) is 9.76. The number of halogens is 3. The predicted molar refractivity (Wildman–Crippen MR) is 106 cm³/mol. The van der Waals surface area contributed by atoms with Gasteiger partial charge in [-0.15, -0.1) is 5.10 Å². The molecule has 0 aliphatic carbocycles. The van der Waals surface area contributed by atoms with Gasteiger partial charge in [0.15, 0.2) is 0 Å². The molecule has 1 amide bonds. The van der Waals surface area contributed by atoms with Crippen LogP contribution in [0.25, 0.3) is 11.4 Å². The lowest BCUT2D eigenvalue weighted by molar-refractivity contribution is -0.137. The molecule has 4 heterocycles. The SMILES string of the molecule is Cc1cc(Nc2cc(C(F)(F)F)ccn2)nc(-c2cn(C3CCNC(=O)CC3)nn2)c1. The van der Waals surface area contributed by atoms with Gasteiger partial charge in [0.2, 0.25) is 5.91 Å². The van der Waals surface area contributed by atoms with Gasteiger partial charge in [-0.3, -0.25) is 4.79 Å². The van der Waals surface area contributed by atoms with Crippen LogP contribution < -0.4 is 10.6 Å². The lowest BCUT2D eigenvalue weighted by atomic mass is 10.1. The highest BCUT2D eigenvalue weighted by Crippen LogP contribution is 2.31. The number of amides is 1. The van der Waals surface area contributed by atoms with Crippen LogP contribution in [-0.4, -0.2) is 37.4 Å². The van der Waals surface area contributed by atoms with Gasteiger partial charge < -0.3 is 10.6 Å². The molecule has 31 heavy (non-hydrogen) atoms. The fraction of sp³-hybridized carbons (Fsp3) is 0.350. The number of aryl methyl sites for hydroxylation is 1. The summed E-state index contributed by atoms with van der Waals surface area (Å²) in [6.07, 6.45) is 0.268. The summed E-state index contributed by atoms with van der Waals surface area (Å²) in [7, 11) is 0. The molecule has 3 aromatic heterocycles. The summed E-state index contributed by atoms with van der Waals surface area (Å²) in [5.74, 6) is 0.417. The number of hydrogen-bond acceptors (Lipinski definition) is 6. The number of carbonyl (C=O) groups is 1. The average molecular weight is 431 g/mol. The van der Waals surface area contributed by atoms with E-state index in [1.807, 2.05) is 13.0 Å². The van der Waals surface area contributed by atoms with Crippen molar-refractivity contribution in [1.82, 2.24) is 30.3 Å². The summed E-state index contributed by atoms with van der Waals surface area (Å²) in [5, 5.41) is 14.1. The van der Waals surface area contributed by atoms with Crippen LogP contribution in [0, 0.1) is 6.92 Å². The Hall–Kier alpha value is -3.50. The van der Waals surface area contributed by atoms with E-state index in [4.69, 9.17) is 0 Å². The Morgan fingerprint density at radius 2 is 2.00 bits per heavy atom. The minimum atomic E-state index is -4.46. The van der Waals surface area contributed by atoms with E-state index in [0.717, 1.165) is 30.3 Å². The zero-order valence-electron chi connectivity index (χ0n) is 16.6. The molecule has 1 saturated heterocycles. The third-order valence-electron chi connectivity index (χ3n) is 4.96. The topological polar surface area (TPSA) is 97.6 Å². The van der Waals surface area contributed by atoms with Gasteiger partial charge in [-0.25, -0.2) is 14.6 Å². The smallest absolute Gasteiger partial charge is 0.356 e. The summed E-state index contributed by atoms with van der Waals surface area (Å²) in [5.41, 5.74) is 1.12. The average Bonchev–Trinajstić information content (AvgIpc) is 3.10. The summed E-state index contributed by atoms with van der Waals surface area (Å²) in [6, 6.07) is 5.42. The first kappa shape index (κ1) is 20.8. The van der Waals surface area contributed by atoms with Crippen LogP contribution in [0.3, 0.4) is 0 Å². The van der Waals surface area contributed by atoms with E-state index < -0.39 is 11.7 Å². The van der Waals surface area contributed by atoms with Crippen molar-refractivity contribution in [3.63, 3.8) is 0 Å². The Bertz CT molecular complexity index is 1100. The maximum atomic E-state index is 12.9. The van der Waals surface area contributed by atoms with Gasteiger partial charge in [0, 0.05) is 19.2 Å². The highest BCUT2D eigenvalue weighted by Gasteiger charge is 2.30.